The molecule has 1 aliphatic heterocycles. The maximum atomic E-state index is 10.7. The van der Waals surface area contributed by atoms with E-state index >= 15 is 0 Å². The minimum Gasteiger partial charge on any atom is -0.391 e. The van der Waals surface area contributed by atoms with Crippen molar-refractivity contribution in [3.8, 4) is 0 Å². The minimum absolute atomic E-state index is 0.272. The van der Waals surface area contributed by atoms with Crippen LogP contribution in [0.2, 0.25) is 0 Å². The molecule has 2 atom stereocenters. The summed E-state index contributed by atoms with van der Waals surface area (Å²) in [6.07, 6.45) is 0.762. The Morgan fingerprint density at radius 1 is 1.25 bits per heavy atom. The third-order valence-electron chi connectivity index (χ3n) is 5.34. The van der Waals surface area contributed by atoms with Crippen LogP contribution in [0.1, 0.15) is 28.5 Å². The van der Waals surface area contributed by atoms with Crippen LogP contribution in [0.4, 0.5) is 0 Å². The lowest BCUT2D eigenvalue weighted by molar-refractivity contribution is 0.0477. The first-order valence-corrected chi connectivity index (χ1v) is 9.49. The van der Waals surface area contributed by atoms with Crippen molar-refractivity contribution in [3.05, 3.63) is 57.9 Å². The van der Waals surface area contributed by atoms with E-state index in [-0.39, 0.29) is 6.10 Å². The third-order valence-corrected chi connectivity index (χ3v) is 6.49. The molecule has 1 fully saturated rings. The van der Waals surface area contributed by atoms with Crippen molar-refractivity contribution in [3.63, 3.8) is 0 Å². The average Bonchev–Trinajstić information content (AvgIpc) is 3.12. The molecule has 1 aromatic carbocycles. The number of hydrogen-bond donors (Lipinski definition) is 1. The van der Waals surface area contributed by atoms with E-state index in [0.29, 0.717) is 5.92 Å². The molecule has 2 aromatic heterocycles. The summed E-state index contributed by atoms with van der Waals surface area (Å²) in [6, 6.07) is 12.9. The molecule has 4 heteroatoms. The van der Waals surface area contributed by atoms with Gasteiger partial charge in [-0.25, -0.2) is 0 Å². The lowest BCUT2D eigenvalue weighted by Gasteiger charge is -2.36. The fourth-order valence-corrected chi connectivity index (χ4v) is 5.06. The first kappa shape index (κ1) is 15.9. The summed E-state index contributed by atoms with van der Waals surface area (Å²) in [6.45, 7) is 4.85. The first-order chi connectivity index (χ1) is 11.6. The predicted octanol–water partition coefficient (Wildman–Crippen LogP) is 3.90. The van der Waals surface area contributed by atoms with E-state index in [1.165, 1.54) is 27.0 Å². The van der Waals surface area contributed by atoms with Crippen LogP contribution in [0, 0.1) is 6.92 Å². The number of aliphatic hydroxyl groups is 1. The normalized spacial score (nSPS) is 22.3. The van der Waals surface area contributed by atoms with E-state index in [1.807, 2.05) is 0 Å². The van der Waals surface area contributed by atoms with Gasteiger partial charge in [0, 0.05) is 42.1 Å². The van der Waals surface area contributed by atoms with Crippen LogP contribution in [-0.4, -0.2) is 33.8 Å². The van der Waals surface area contributed by atoms with Crippen LogP contribution in [0.3, 0.4) is 0 Å². The molecule has 0 radical (unpaired) electrons. The number of fused-ring (bicyclic) bond motifs is 1. The summed E-state index contributed by atoms with van der Waals surface area (Å²) < 4.78 is 2.28. The zero-order chi connectivity index (χ0) is 16.7. The van der Waals surface area contributed by atoms with Gasteiger partial charge in [0.1, 0.15) is 0 Å². The van der Waals surface area contributed by atoms with Crippen molar-refractivity contribution in [2.75, 3.05) is 13.1 Å². The molecule has 4 rings (SSSR count). The van der Waals surface area contributed by atoms with E-state index in [4.69, 9.17) is 0 Å². The van der Waals surface area contributed by atoms with Gasteiger partial charge in [0.25, 0.3) is 0 Å². The van der Waals surface area contributed by atoms with Gasteiger partial charge in [-0.1, -0.05) is 18.2 Å². The topological polar surface area (TPSA) is 28.4 Å². The standard InChI is InChI=1S/C20H24N2OS/c1-14-8-10-24-20(14)17-7-9-22(13-19(17)23)12-16-11-15-5-3-4-6-18(15)21(16)2/h3-6,8,10-11,17,19,23H,7,9,12-13H2,1-2H3/t17-,19-/m1/s1. The SMILES string of the molecule is Cc1ccsc1[C@@H]1CCN(Cc2cc3ccccc3n2C)C[C@H]1O. The second kappa shape index (κ2) is 6.36. The highest BCUT2D eigenvalue weighted by Gasteiger charge is 2.30. The zero-order valence-corrected chi connectivity index (χ0v) is 15.1. The van der Waals surface area contributed by atoms with Crippen LogP contribution in [0.25, 0.3) is 10.9 Å². The fourth-order valence-electron chi connectivity index (χ4n) is 3.94. The molecule has 24 heavy (non-hydrogen) atoms. The molecule has 0 aliphatic carbocycles. The second-order valence-corrected chi connectivity index (χ2v) is 7.87. The van der Waals surface area contributed by atoms with Gasteiger partial charge in [0.2, 0.25) is 0 Å². The molecule has 1 aliphatic rings. The molecular weight excluding hydrogens is 316 g/mol. The Morgan fingerprint density at radius 2 is 2.08 bits per heavy atom. The van der Waals surface area contributed by atoms with Gasteiger partial charge < -0.3 is 9.67 Å². The number of aromatic nitrogens is 1. The van der Waals surface area contributed by atoms with E-state index in [2.05, 4.69) is 65.2 Å². The molecule has 3 nitrogen and oxygen atoms in total. The van der Waals surface area contributed by atoms with Crippen molar-refractivity contribution < 1.29 is 5.11 Å². The van der Waals surface area contributed by atoms with E-state index < -0.39 is 0 Å². The number of piperidine rings is 1. The number of rotatable bonds is 3. The average molecular weight is 340 g/mol. The highest BCUT2D eigenvalue weighted by molar-refractivity contribution is 7.10. The van der Waals surface area contributed by atoms with Crippen molar-refractivity contribution in [2.24, 2.45) is 7.05 Å². The van der Waals surface area contributed by atoms with Gasteiger partial charge in [-0.05, 0) is 54.4 Å². The minimum atomic E-state index is -0.272. The highest BCUT2D eigenvalue weighted by atomic mass is 32.1. The summed E-state index contributed by atoms with van der Waals surface area (Å²) in [5.41, 5.74) is 3.91. The fraction of sp³-hybridized carbons (Fsp3) is 0.400. The molecule has 0 unspecified atom stereocenters. The van der Waals surface area contributed by atoms with E-state index in [0.717, 1.165) is 26.1 Å². The second-order valence-electron chi connectivity index (χ2n) is 6.92. The molecule has 0 spiro atoms. The third kappa shape index (κ3) is 2.79. The quantitative estimate of drug-likeness (QED) is 0.783. The Bertz CT molecular complexity index is 850. The number of aryl methyl sites for hydroxylation is 2. The van der Waals surface area contributed by atoms with E-state index in [1.54, 1.807) is 11.3 Å². The predicted molar refractivity (Wildman–Crippen MR) is 101 cm³/mol. The maximum absolute atomic E-state index is 10.7. The number of nitrogens with zero attached hydrogens (tertiary/aromatic N) is 2. The lowest BCUT2D eigenvalue weighted by Crippen LogP contribution is -2.42. The molecule has 1 N–H and O–H groups in total. The molecule has 126 valence electrons. The molecular formula is C20H24N2OS. The number of β-amino-alcohol motifs (C(OH)–C–C–N with tert-alkyl or cyclic N) is 1. The van der Waals surface area contributed by atoms with E-state index in [9.17, 15) is 5.11 Å². The summed E-state index contributed by atoms with van der Waals surface area (Å²) in [5, 5.41) is 14.1. The largest absolute Gasteiger partial charge is 0.391 e. The summed E-state index contributed by atoms with van der Waals surface area (Å²) in [5.74, 6) is 0.300. The van der Waals surface area contributed by atoms with Crippen molar-refractivity contribution in [1.82, 2.24) is 9.47 Å². The Kier molecular flexibility index (Phi) is 4.21. The number of likely N-dealkylation sites (tertiary alicyclic amines) is 1. The summed E-state index contributed by atoms with van der Waals surface area (Å²) in [7, 11) is 2.13. The van der Waals surface area contributed by atoms with Crippen molar-refractivity contribution >= 4 is 22.2 Å². The van der Waals surface area contributed by atoms with Crippen molar-refractivity contribution in [2.45, 2.75) is 31.9 Å². The lowest BCUT2D eigenvalue weighted by atomic mass is 9.90. The van der Waals surface area contributed by atoms with Crippen LogP contribution in [0.15, 0.2) is 41.8 Å². The number of aliphatic hydroxyl groups excluding tert-OH is 1. The number of hydrogen-bond acceptors (Lipinski definition) is 3. The van der Waals surface area contributed by atoms with Gasteiger partial charge in [-0.2, -0.15) is 0 Å². The molecule has 3 heterocycles. The van der Waals surface area contributed by atoms with Gasteiger partial charge in [0.15, 0.2) is 0 Å². The Labute approximate surface area is 147 Å². The van der Waals surface area contributed by atoms with Gasteiger partial charge in [0.05, 0.1) is 6.10 Å². The van der Waals surface area contributed by atoms with Gasteiger partial charge in [-0.15, -0.1) is 11.3 Å². The van der Waals surface area contributed by atoms with Crippen molar-refractivity contribution in [1.29, 1.82) is 0 Å². The summed E-state index contributed by atoms with van der Waals surface area (Å²) >= 11 is 1.79. The Balaban J connectivity index is 1.49. The summed E-state index contributed by atoms with van der Waals surface area (Å²) in [4.78, 5) is 3.75. The number of benzene rings is 1. The smallest absolute Gasteiger partial charge is 0.0744 e. The molecule has 0 amide bonds. The Hall–Kier alpha value is -1.62. The Morgan fingerprint density at radius 3 is 2.79 bits per heavy atom. The van der Waals surface area contributed by atoms with Crippen LogP contribution in [0.5, 0.6) is 0 Å². The van der Waals surface area contributed by atoms with Gasteiger partial charge >= 0.3 is 0 Å². The molecule has 0 bridgehead atoms. The van der Waals surface area contributed by atoms with Crippen LogP contribution in [-0.2, 0) is 13.6 Å². The molecule has 3 aromatic rings. The highest BCUT2D eigenvalue weighted by Crippen LogP contribution is 2.34. The number of thiophene rings is 1. The first-order valence-electron chi connectivity index (χ1n) is 8.61. The van der Waals surface area contributed by atoms with Crippen LogP contribution >= 0.6 is 11.3 Å². The maximum Gasteiger partial charge on any atom is 0.0744 e. The van der Waals surface area contributed by atoms with Crippen LogP contribution < -0.4 is 0 Å². The molecule has 0 saturated carbocycles. The monoisotopic (exact) mass is 340 g/mol. The zero-order valence-electron chi connectivity index (χ0n) is 14.3. The molecule has 1 saturated heterocycles. The number of para-hydroxylation sites is 1. The van der Waals surface area contributed by atoms with Gasteiger partial charge in [-0.3, -0.25) is 4.90 Å².